The average molecular weight is 290 g/mol. The van der Waals surface area contributed by atoms with Crippen LogP contribution in [0.1, 0.15) is 37.7 Å². The summed E-state index contributed by atoms with van der Waals surface area (Å²) >= 11 is 0. The van der Waals surface area contributed by atoms with Crippen LogP contribution in [0.15, 0.2) is 30.3 Å². The number of hydrogen-bond donors (Lipinski definition) is 2. The molecule has 2 unspecified atom stereocenters. The zero-order valence-corrected chi connectivity index (χ0v) is 12.3. The summed E-state index contributed by atoms with van der Waals surface area (Å²) in [6.07, 6.45) is 2.10. The van der Waals surface area contributed by atoms with E-state index in [1.165, 1.54) is 5.56 Å². The molecule has 2 atom stereocenters. The van der Waals surface area contributed by atoms with Crippen LogP contribution in [-0.4, -0.2) is 41.1 Å². The first-order valence-electron chi connectivity index (χ1n) is 7.45. The maximum Gasteiger partial charge on any atom is 0.326 e. The van der Waals surface area contributed by atoms with Crippen LogP contribution in [0.2, 0.25) is 0 Å². The fourth-order valence-electron chi connectivity index (χ4n) is 2.73. The third-order valence-corrected chi connectivity index (χ3v) is 3.92. The Bertz CT molecular complexity index is 490. The Morgan fingerprint density at radius 2 is 2.10 bits per heavy atom. The van der Waals surface area contributed by atoms with Gasteiger partial charge in [0.2, 0.25) is 0 Å². The van der Waals surface area contributed by atoms with E-state index >= 15 is 0 Å². The Morgan fingerprint density at radius 1 is 1.38 bits per heavy atom. The minimum absolute atomic E-state index is 0.269. The molecule has 5 heteroatoms. The van der Waals surface area contributed by atoms with Crippen LogP contribution in [-0.2, 0) is 4.79 Å². The van der Waals surface area contributed by atoms with E-state index in [0.29, 0.717) is 25.4 Å². The Hall–Kier alpha value is -2.04. The third-order valence-electron chi connectivity index (χ3n) is 3.92. The number of likely N-dealkylation sites (tertiary alicyclic amines) is 1. The Balaban J connectivity index is 1.91. The summed E-state index contributed by atoms with van der Waals surface area (Å²) in [5.41, 5.74) is 1.23. The van der Waals surface area contributed by atoms with Crippen LogP contribution in [0.25, 0.3) is 0 Å². The van der Waals surface area contributed by atoms with Gasteiger partial charge in [0, 0.05) is 19.0 Å². The number of carboxylic acids is 1. The summed E-state index contributed by atoms with van der Waals surface area (Å²) < 4.78 is 0. The fraction of sp³-hybridized carbons (Fsp3) is 0.500. The topological polar surface area (TPSA) is 69.6 Å². The highest BCUT2D eigenvalue weighted by atomic mass is 16.4. The second-order valence-corrected chi connectivity index (χ2v) is 5.47. The summed E-state index contributed by atoms with van der Waals surface area (Å²) in [5, 5.41) is 11.7. The van der Waals surface area contributed by atoms with Gasteiger partial charge in [-0.15, -0.1) is 0 Å². The molecule has 21 heavy (non-hydrogen) atoms. The van der Waals surface area contributed by atoms with Crippen molar-refractivity contribution in [2.24, 2.45) is 0 Å². The molecule has 1 saturated heterocycles. The van der Waals surface area contributed by atoms with E-state index in [9.17, 15) is 9.59 Å². The molecular weight excluding hydrogens is 268 g/mol. The van der Waals surface area contributed by atoms with Gasteiger partial charge in [-0.05, 0) is 18.4 Å². The molecule has 1 fully saturated rings. The molecule has 0 aromatic heterocycles. The summed E-state index contributed by atoms with van der Waals surface area (Å²) in [4.78, 5) is 25.0. The molecule has 0 spiro atoms. The van der Waals surface area contributed by atoms with Crippen molar-refractivity contribution in [3.63, 3.8) is 0 Å². The van der Waals surface area contributed by atoms with Crippen LogP contribution in [0, 0.1) is 0 Å². The van der Waals surface area contributed by atoms with Crippen LogP contribution in [0.3, 0.4) is 0 Å². The number of aliphatic carboxylic acids is 1. The van der Waals surface area contributed by atoms with E-state index in [1.807, 2.05) is 25.1 Å². The van der Waals surface area contributed by atoms with Crippen molar-refractivity contribution in [3.05, 3.63) is 35.9 Å². The number of rotatable bonds is 5. The molecule has 0 aliphatic carbocycles. The van der Waals surface area contributed by atoms with Crippen LogP contribution < -0.4 is 5.32 Å². The number of benzene rings is 1. The Labute approximate surface area is 125 Å². The summed E-state index contributed by atoms with van der Waals surface area (Å²) in [7, 11) is 0. The number of amides is 2. The lowest BCUT2D eigenvalue weighted by molar-refractivity contribution is -0.139. The minimum Gasteiger partial charge on any atom is -0.480 e. The number of carbonyl (C=O) groups excluding carboxylic acids is 1. The molecular formula is C16H22N2O3. The second kappa shape index (κ2) is 7.11. The number of hydrogen-bond acceptors (Lipinski definition) is 2. The highest BCUT2D eigenvalue weighted by molar-refractivity contribution is 5.82. The molecule has 5 nitrogen and oxygen atoms in total. The van der Waals surface area contributed by atoms with Gasteiger partial charge in [-0.3, -0.25) is 0 Å². The highest BCUT2D eigenvalue weighted by Crippen LogP contribution is 2.26. The molecule has 2 rings (SSSR count). The molecule has 0 bridgehead atoms. The molecule has 1 aromatic rings. The van der Waals surface area contributed by atoms with Crippen molar-refractivity contribution < 1.29 is 14.7 Å². The van der Waals surface area contributed by atoms with E-state index in [0.717, 1.165) is 12.8 Å². The lowest BCUT2D eigenvalue weighted by Gasteiger charge is -2.21. The fourth-order valence-corrected chi connectivity index (χ4v) is 2.73. The first-order chi connectivity index (χ1) is 10.1. The average Bonchev–Trinajstić information content (AvgIpc) is 2.97. The van der Waals surface area contributed by atoms with Crippen molar-refractivity contribution in [1.82, 2.24) is 10.2 Å². The first-order valence-corrected chi connectivity index (χ1v) is 7.45. The van der Waals surface area contributed by atoms with E-state index in [-0.39, 0.29) is 6.03 Å². The van der Waals surface area contributed by atoms with Crippen molar-refractivity contribution in [1.29, 1.82) is 0 Å². The molecule has 0 radical (unpaired) electrons. The van der Waals surface area contributed by atoms with E-state index < -0.39 is 12.0 Å². The minimum atomic E-state index is -0.969. The van der Waals surface area contributed by atoms with Gasteiger partial charge >= 0.3 is 12.0 Å². The molecule has 1 heterocycles. The molecule has 1 aliphatic rings. The molecule has 114 valence electrons. The van der Waals surface area contributed by atoms with Gasteiger partial charge in [0.05, 0.1) is 0 Å². The van der Waals surface area contributed by atoms with Gasteiger partial charge in [-0.2, -0.15) is 0 Å². The number of carboxylic acid groups (broad SMARTS) is 1. The molecule has 2 N–H and O–H groups in total. The van der Waals surface area contributed by atoms with Crippen molar-refractivity contribution in [3.8, 4) is 0 Å². The molecule has 0 saturated carbocycles. The lowest BCUT2D eigenvalue weighted by Crippen LogP contribution is -2.47. The number of nitrogens with one attached hydrogen (secondary N) is 1. The maximum atomic E-state index is 12.2. The van der Waals surface area contributed by atoms with Gasteiger partial charge in [0.15, 0.2) is 0 Å². The summed E-state index contributed by atoms with van der Waals surface area (Å²) in [6, 6.07) is 9.06. The van der Waals surface area contributed by atoms with Crippen molar-refractivity contribution >= 4 is 12.0 Å². The predicted octanol–water partition coefficient (Wildman–Crippen LogP) is 2.44. The number of carbonyl (C=O) groups is 2. The normalized spacial score (nSPS) is 19.3. The second-order valence-electron chi connectivity index (χ2n) is 5.47. The largest absolute Gasteiger partial charge is 0.480 e. The zero-order chi connectivity index (χ0) is 15.2. The van der Waals surface area contributed by atoms with Crippen LogP contribution in [0.5, 0.6) is 0 Å². The Kier molecular flexibility index (Phi) is 5.20. The van der Waals surface area contributed by atoms with Gasteiger partial charge in [0.25, 0.3) is 0 Å². The first kappa shape index (κ1) is 15.4. The number of nitrogens with zero attached hydrogens (tertiary/aromatic N) is 1. The molecule has 1 aliphatic heterocycles. The molecule has 1 aromatic carbocycles. The van der Waals surface area contributed by atoms with E-state index in [4.69, 9.17) is 5.11 Å². The zero-order valence-electron chi connectivity index (χ0n) is 12.3. The van der Waals surface area contributed by atoms with Gasteiger partial charge in [-0.25, -0.2) is 9.59 Å². The smallest absolute Gasteiger partial charge is 0.326 e. The Morgan fingerprint density at radius 3 is 2.71 bits per heavy atom. The van der Waals surface area contributed by atoms with Crippen molar-refractivity contribution in [2.75, 3.05) is 13.1 Å². The van der Waals surface area contributed by atoms with E-state index in [1.54, 1.807) is 4.90 Å². The maximum absolute atomic E-state index is 12.2. The summed E-state index contributed by atoms with van der Waals surface area (Å²) in [5.74, 6) is -0.629. The van der Waals surface area contributed by atoms with Crippen LogP contribution in [0.4, 0.5) is 4.79 Å². The number of urea groups is 1. The van der Waals surface area contributed by atoms with Crippen molar-refractivity contribution in [2.45, 2.75) is 38.1 Å². The van der Waals surface area contributed by atoms with Crippen LogP contribution >= 0.6 is 0 Å². The highest BCUT2D eigenvalue weighted by Gasteiger charge is 2.29. The summed E-state index contributed by atoms with van der Waals surface area (Å²) in [6.45, 7) is 3.22. The SMILES string of the molecule is CCCC(NC(=O)N1CCC(c2ccccc2)C1)C(=O)O. The predicted molar refractivity (Wildman–Crippen MR) is 80.2 cm³/mol. The van der Waals surface area contributed by atoms with Gasteiger partial charge in [0.1, 0.15) is 6.04 Å². The molecule has 2 amide bonds. The quantitative estimate of drug-likeness (QED) is 0.875. The third kappa shape index (κ3) is 3.97. The monoisotopic (exact) mass is 290 g/mol. The van der Waals surface area contributed by atoms with Gasteiger partial charge in [-0.1, -0.05) is 43.7 Å². The standard InChI is InChI=1S/C16H22N2O3/c1-2-6-14(15(19)20)17-16(21)18-10-9-13(11-18)12-7-4-3-5-8-12/h3-5,7-8,13-14H,2,6,9-11H2,1H3,(H,17,21)(H,19,20). The lowest BCUT2D eigenvalue weighted by atomic mass is 9.99. The van der Waals surface area contributed by atoms with Gasteiger partial charge < -0.3 is 15.3 Å². The van der Waals surface area contributed by atoms with E-state index in [2.05, 4.69) is 17.4 Å².